The lowest BCUT2D eigenvalue weighted by molar-refractivity contribution is 0.0287. The number of guanidine groups is 1. The first-order valence-corrected chi connectivity index (χ1v) is 3.75. The fourth-order valence-electron chi connectivity index (χ4n) is 1.28. The summed E-state index contributed by atoms with van der Waals surface area (Å²) >= 11 is 0. The van der Waals surface area contributed by atoms with E-state index in [9.17, 15) is 0 Å². The van der Waals surface area contributed by atoms with Gasteiger partial charge in [0, 0.05) is 6.61 Å². The Hall–Kier alpha value is -0.770. The van der Waals surface area contributed by atoms with Crippen molar-refractivity contribution >= 4 is 5.96 Å². The second-order valence-electron chi connectivity index (χ2n) is 3.31. The summed E-state index contributed by atoms with van der Waals surface area (Å²) in [5, 5.41) is 0. The fourth-order valence-corrected chi connectivity index (χ4v) is 1.28. The maximum Gasteiger partial charge on any atom is 0.186 e. The summed E-state index contributed by atoms with van der Waals surface area (Å²) in [5.74, 6) is 0.147. The van der Waals surface area contributed by atoms with Crippen LogP contribution in [0.25, 0.3) is 0 Å². The number of nitrogens with two attached hydrogens (primary N) is 2. The molecule has 4 N–H and O–H groups in total. The molecule has 1 fully saturated rings. The molecule has 1 saturated heterocycles. The van der Waals surface area contributed by atoms with Crippen molar-refractivity contribution in [3.63, 3.8) is 0 Å². The lowest BCUT2D eigenvalue weighted by Crippen LogP contribution is -2.34. The summed E-state index contributed by atoms with van der Waals surface area (Å²) in [5.41, 5.74) is 10.3. The van der Waals surface area contributed by atoms with E-state index in [0.717, 1.165) is 13.0 Å². The van der Waals surface area contributed by atoms with Crippen LogP contribution >= 0.6 is 0 Å². The standard InChI is InChI=1S/C7H15N3O/c1-7(2)5(3-4-11-7)10-6(8)9/h5H,3-4H2,1-2H3,(H4,8,9,10). The van der Waals surface area contributed by atoms with Crippen LogP contribution in [0.2, 0.25) is 0 Å². The zero-order chi connectivity index (χ0) is 8.48. The van der Waals surface area contributed by atoms with Crippen LogP contribution in [0, 0.1) is 0 Å². The zero-order valence-corrected chi connectivity index (χ0v) is 7.00. The van der Waals surface area contributed by atoms with Crippen LogP contribution in [0.3, 0.4) is 0 Å². The van der Waals surface area contributed by atoms with Gasteiger partial charge in [0.1, 0.15) is 0 Å². The Morgan fingerprint density at radius 2 is 2.18 bits per heavy atom. The van der Waals surface area contributed by atoms with E-state index in [0.29, 0.717) is 0 Å². The molecule has 1 rings (SSSR count). The first kappa shape index (κ1) is 8.33. The molecular weight excluding hydrogens is 142 g/mol. The van der Waals surface area contributed by atoms with E-state index in [1.807, 2.05) is 13.8 Å². The van der Waals surface area contributed by atoms with Gasteiger partial charge in [-0.25, -0.2) is 4.99 Å². The second kappa shape index (κ2) is 2.70. The highest BCUT2D eigenvalue weighted by Crippen LogP contribution is 2.27. The van der Waals surface area contributed by atoms with E-state index in [1.165, 1.54) is 0 Å². The van der Waals surface area contributed by atoms with Crippen molar-refractivity contribution in [1.29, 1.82) is 0 Å². The number of hydrogen-bond acceptors (Lipinski definition) is 2. The van der Waals surface area contributed by atoms with Gasteiger partial charge in [-0.3, -0.25) is 0 Å². The molecule has 0 bridgehead atoms. The van der Waals surface area contributed by atoms with Crippen LogP contribution in [0.1, 0.15) is 20.3 Å². The molecule has 11 heavy (non-hydrogen) atoms. The van der Waals surface area contributed by atoms with Gasteiger partial charge in [-0.05, 0) is 20.3 Å². The quantitative estimate of drug-likeness (QED) is 0.410. The van der Waals surface area contributed by atoms with Crippen LogP contribution in [-0.4, -0.2) is 24.2 Å². The van der Waals surface area contributed by atoms with Gasteiger partial charge in [-0.1, -0.05) is 0 Å². The van der Waals surface area contributed by atoms with Gasteiger partial charge in [0.2, 0.25) is 0 Å². The highest BCUT2D eigenvalue weighted by molar-refractivity contribution is 5.76. The van der Waals surface area contributed by atoms with Gasteiger partial charge in [0.25, 0.3) is 0 Å². The Morgan fingerprint density at radius 3 is 2.55 bits per heavy atom. The largest absolute Gasteiger partial charge is 0.373 e. The van der Waals surface area contributed by atoms with Crippen molar-refractivity contribution in [2.75, 3.05) is 6.61 Å². The minimum atomic E-state index is -0.204. The zero-order valence-electron chi connectivity index (χ0n) is 7.00. The maximum atomic E-state index is 5.44. The van der Waals surface area contributed by atoms with E-state index in [1.54, 1.807) is 0 Å². The van der Waals surface area contributed by atoms with Crippen molar-refractivity contribution in [2.24, 2.45) is 16.5 Å². The average Bonchev–Trinajstić information content (AvgIpc) is 2.10. The Kier molecular flexibility index (Phi) is 2.04. The number of ether oxygens (including phenoxy) is 1. The molecule has 1 aliphatic heterocycles. The van der Waals surface area contributed by atoms with E-state index in [-0.39, 0.29) is 17.6 Å². The third-order valence-corrected chi connectivity index (χ3v) is 1.97. The molecule has 1 aliphatic rings. The van der Waals surface area contributed by atoms with Crippen molar-refractivity contribution in [2.45, 2.75) is 31.9 Å². The summed E-state index contributed by atoms with van der Waals surface area (Å²) < 4.78 is 5.44. The minimum absolute atomic E-state index is 0.118. The minimum Gasteiger partial charge on any atom is -0.373 e. The van der Waals surface area contributed by atoms with Crippen molar-refractivity contribution in [3.05, 3.63) is 0 Å². The topological polar surface area (TPSA) is 73.6 Å². The van der Waals surface area contributed by atoms with Crippen molar-refractivity contribution in [3.8, 4) is 0 Å². The lowest BCUT2D eigenvalue weighted by Gasteiger charge is -2.22. The predicted octanol–water partition coefficient (Wildman–Crippen LogP) is -0.173. The molecule has 0 aromatic heterocycles. The summed E-state index contributed by atoms with van der Waals surface area (Å²) in [6.07, 6.45) is 0.908. The molecule has 4 heteroatoms. The van der Waals surface area contributed by atoms with E-state index in [2.05, 4.69) is 4.99 Å². The Labute approximate surface area is 66.6 Å². The molecule has 0 radical (unpaired) electrons. The van der Waals surface area contributed by atoms with Gasteiger partial charge < -0.3 is 16.2 Å². The van der Waals surface area contributed by atoms with Crippen LogP contribution in [0.5, 0.6) is 0 Å². The molecule has 0 aliphatic carbocycles. The average molecular weight is 157 g/mol. The summed E-state index contributed by atoms with van der Waals surface area (Å²) in [6.45, 7) is 4.74. The van der Waals surface area contributed by atoms with Gasteiger partial charge in [0.05, 0.1) is 11.6 Å². The second-order valence-corrected chi connectivity index (χ2v) is 3.31. The van der Waals surface area contributed by atoms with Crippen LogP contribution in [-0.2, 0) is 4.74 Å². The van der Waals surface area contributed by atoms with Crippen molar-refractivity contribution < 1.29 is 4.74 Å². The molecule has 1 atom stereocenters. The molecule has 1 heterocycles. The Balaban J connectivity index is 2.66. The third-order valence-electron chi connectivity index (χ3n) is 1.97. The first-order valence-electron chi connectivity index (χ1n) is 3.75. The van der Waals surface area contributed by atoms with Crippen LogP contribution in [0.15, 0.2) is 4.99 Å². The molecule has 0 saturated carbocycles. The summed E-state index contributed by atoms with van der Waals surface area (Å²) in [7, 11) is 0. The van der Waals surface area contributed by atoms with Crippen LogP contribution < -0.4 is 11.5 Å². The van der Waals surface area contributed by atoms with E-state index >= 15 is 0 Å². The third kappa shape index (κ3) is 1.83. The Morgan fingerprint density at radius 1 is 1.55 bits per heavy atom. The fraction of sp³-hybridized carbons (Fsp3) is 0.857. The highest BCUT2D eigenvalue weighted by atomic mass is 16.5. The molecule has 0 spiro atoms. The summed E-state index contributed by atoms with van der Waals surface area (Å²) in [6, 6.07) is 0.118. The molecule has 64 valence electrons. The SMILES string of the molecule is CC1(C)OCCC1N=C(N)N. The Bertz CT molecular complexity index is 173. The molecule has 0 aromatic carbocycles. The monoisotopic (exact) mass is 157 g/mol. The lowest BCUT2D eigenvalue weighted by atomic mass is 10.0. The summed E-state index contributed by atoms with van der Waals surface area (Å²) in [4.78, 5) is 4.08. The first-order chi connectivity index (χ1) is 5.02. The van der Waals surface area contributed by atoms with E-state index in [4.69, 9.17) is 16.2 Å². The maximum absolute atomic E-state index is 5.44. The van der Waals surface area contributed by atoms with Gasteiger partial charge >= 0.3 is 0 Å². The predicted molar refractivity (Wildman–Crippen MR) is 44.2 cm³/mol. The molecule has 4 nitrogen and oxygen atoms in total. The number of aliphatic imine (C=N–C) groups is 1. The normalized spacial score (nSPS) is 28.4. The van der Waals surface area contributed by atoms with Crippen LogP contribution in [0.4, 0.5) is 0 Å². The van der Waals surface area contributed by atoms with E-state index < -0.39 is 0 Å². The van der Waals surface area contributed by atoms with Gasteiger partial charge in [0.15, 0.2) is 5.96 Å². The van der Waals surface area contributed by atoms with Gasteiger partial charge in [-0.15, -0.1) is 0 Å². The molecule has 0 aromatic rings. The van der Waals surface area contributed by atoms with Crippen molar-refractivity contribution in [1.82, 2.24) is 0 Å². The number of rotatable bonds is 1. The molecule has 0 amide bonds. The molecular formula is C7H15N3O. The molecule has 1 unspecified atom stereocenters. The van der Waals surface area contributed by atoms with Gasteiger partial charge in [-0.2, -0.15) is 0 Å². The highest BCUT2D eigenvalue weighted by Gasteiger charge is 2.35. The number of hydrogen-bond donors (Lipinski definition) is 2. The number of nitrogens with zero attached hydrogens (tertiary/aromatic N) is 1. The smallest absolute Gasteiger partial charge is 0.186 e.